The van der Waals surface area contributed by atoms with E-state index in [1.54, 1.807) is 18.2 Å². The smallest absolute Gasteiger partial charge is 0.255 e. The minimum Gasteiger partial charge on any atom is -0.545 e. The molecule has 0 aromatic heterocycles. The SMILES string of the molecule is CCOc1ccc(C(=O)Nc2cccc(C(=O)[O-])c2)cc1Cl. The Hall–Kier alpha value is -2.53. The fourth-order valence-corrected chi connectivity index (χ4v) is 2.08. The number of hydrogen-bond acceptors (Lipinski definition) is 4. The molecule has 0 atom stereocenters. The number of ether oxygens (including phenoxy) is 1. The molecule has 0 spiro atoms. The van der Waals surface area contributed by atoms with Crippen molar-refractivity contribution in [2.45, 2.75) is 6.92 Å². The number of rotatable bonds is 5. The summed E-state index contributed by atoms with van der Waals surface area (Å²) in [6.07, 6.45) is 0. The molecule has 0 radical (unpaired) electrons. The van der Waals surface area contributed by atoms with E-state index in [0.717, 1.165) is 0 Å². The number of amides is 1. The topological polar surface area (TPSA) is 78.5 Å². The number of carboxylic acids is 1. The fourth-order valence-electron chi connectivity index (χ4n) is 1.84. The lowest BCUT2D eigenvalue weighted by atomic mass is 10.1. The minimum absolute atomic E-state index is 0.0115. The highest BCUT2D eigenvalue weighted by atomic mass is 35.5. The van der Waals surface area contributed by atoms with Crippen molar-refractivity contribution in [3.63, 3.8) is 0 Å². The molecule has 1 amide bonds. The Morgan fingerprint density at radius 2 is 1.95 bits per heavy atom. The molecular formula is C16H13ClNO4-. The van der Waals surface area contributed by atoms with Gasteiger partial charge in [0.25, 0.3) is 5.91 Å². The van der Waals surface area contributed by atoms with Gasteiger partial charge in [0.2, 0.25) is 0 Å². The summed E-state index contributed by atoms with van der Waals surface area (Å²) in [7, 11) is 0. The van der Waals surface area contributed by atoms with Crippen LogP contribution in [0, 0.1) is 0 Å². The van der Waals surface area contributed by atoms with Gasteiger partial charge in [-0.1, -0.05) is 23.7 Å². The third-order valence-corrected chi connectivity index (χ3v) is 3.15. The van der Waals surface area contributed by atoms with E-state index in [1.165, 1.54) is 24.3 Å². The summed E-state index contributed by atoms with van der Waals surface area (Å²) in [5.41, 5.74) is 0.687. The van der Waals surface area contributed by atoms with Gasteiger partial charge < -0.3 is 20.0 Å². The highest BCUT2D eigenvalue weighted by molar-refractivity contribution is 6.32. The van der Waals surface area contributed by atoms with E-state index < -0.39 is 11.9 Å². The molecule has 0 aliphatic carbocycles. The molecule has 2 rings (SSSR count). The number of carboxylic acid groups (broad SMARTS) is 1. The number of halogens is 1. The average molecular weight is 319 g/mol. The van der Waals surface area contributed by atoms with Gasteiger partial charge in [0.1, 0.15) is 5.75 Å². The first kappa shape index (κ1) is 15.9. The Bertz CT molecular complexity index is 715. The van der Waals surface area contributed by atoms with E-state index in [2.05, 4.69) is 5.32 Å². The van der Waals surface area contributed by atoms with Gasteiger partial charge in [-0.15, -0.1) is 0 Å². The van der Waals surface area contributed by atoms with Gasteiger partial charge in [0.05, 0.1) is 17.6 Å². The zero-order valence-corrected chi connectivity index (χ0v) is 12.5. The highest BCUT2D eigenvalue weighted by Gasteiger charge is 2.10. The summed E-state index contributed by atoms with van der Waals surface area (Å²) in [5.74, 6) is -1.21. The predicted molar refractivity (Wildman–Crippen MR) is 81.3 cm³/mol. The summed E-state index contributed by atoms with van der Waals surface area (Å²) >= 11 is 6.03. The lowest BCUT2D eigenvalue weighted by Gasteiger charge is -2.10. The molecule has 5 nitrogen and oxygen atoms in total. The molecule has 0 saturated carbocycles. The van der Waals surface area contributed by atoms with Crippen LogP contribution in [0.15, 0.2) is 42.5 Å². The normalized spacial score (nSPS) is 10.1. The molecule has 0 bridgehead atoms. The molecule has 0 fully saturated rings. The van der Waals surface area contributed by atoms with Crippen molar-refractivity contribution in [3.8, 4) is 5.75 Å². The maximum atomic E-state index is 12.1. The molecule has 6 heteroatoms. The monoisotopic (exact) mass is 318 g/mol. The second kappa shape index (κ2) is 6.95. The van der Waals surface area contributed by atoms with Gasteiger partial charge in [0, 0.05) is 11.3 Å². The summed E-state index contributed by atoms with van der Waals surface area (Å²) in [5, 5.41) is 13.7. The first-order chi connectivity index (χ1) is 10.5. The number of anilines is 1. The largest absolute Gasteiger partial charge is 0.545 e. The minimum atomic E-state index is -1.31. The maximum absolute atomic E-state index is 12.1. The number of carbonyl (C=O) groups is 2. The molecule has 0 aliphatic rings. The Morgan fingerprint density at radius 3 is 2.59 bits per heavy atom. The summed E-state index contributed by atoms with van der Waals surface area (Å²) in [6.45, 7) is 2.31. The molecule has 1 N–H and O–H groups in total. The van der Waals surface area contributed by atoms with Gasteiger partial charge >= 0.3 is 0 Å². The van der Waals surface area contributed by atoms with Crippen molar-refractivity contribution in [1.29, 1.82) is 0 Å². The quantitative estimate of drug-likeness (QED) is 0.918. The highest BCUT2D eigenvalue weighted by Crippen LogP contribution is 2.25. The number of hydrogen-bond donors (Lipinski definition) is 1. The van der Waals surface area contributed by atoms with Crippen LogP contribution in [0.25, 0.3) is 0 Å². The van der Waals surface area contributed by atoms with Crippen molar-refractivity contribution < 1.29 is 19.4 Å². The van der Waals surface area contributed by atoms with Crippen LogP contribution in [-0.4, -0.2) is 18.5 Å². The zero-order valence-electron chi connectivity index (χ0n) is 11.8. The lowest BCUT2D eigenvalue weighted by molar-refractivity contribution is -0.255. The molecule has 0 aliphatic heterocycles. The molecular weight excluding hydrogens is 306 g/mol. The third-order valence-electron chi connectivity index (χ3n) is 2.85. The van der Waals surface area contributed by atoms with Crippen LogP contribution in [0.4, 0.5) is 5.69 Å². The molecule has 114 valence electrons. The van der Waals surface area contributed by atoms with E-state index in [4.69, 9.17) is 16.3 Å². The lowest BCUT2D eigenvalue weighted by Crippen LogP contribution is -2.22. The number of carbonyl (C=O) groups excluding carboxylic acids is 2. The summed E-state index contributed by atoms with van der Waals surface area (Å²) in [6, 6.07) is 10.5. The number of aromatic carboxylic acids is 1. The number of nitrogens with one attached hydrogen (secondary N) is 1. The molecule has 2 aromatic rings. The van der Waals surface area contributed by atoms with Crippen LogP contribution in [-0.2, 0) is 0 Å². The Kier molecular flexibility index (Phi) is 5.01. The van der Waals surface area contributed by atoms with Crippen molar-refractivity contribution in [2.75, 3.05) is 11.9 Å². The van der Waals surface area contributed by atoms with Gasteiger partial charge in [-0.3, -0.25) is 4.79 Å². The third kappa shape index (κ3) is 3.77. The van der Waals surface area contributed by atoms with Crippen LogP contribution >= 0.6 is 11.6 Å². The Balaban J connectivity index is 2.17. The van der Waals surface area contributed by atoms with Gasteiger partial charge in [-0.25, -0.2) is 0 Å². The summed E-state index contributed by atoms with van der Waals surface area (Å²) in [4.78, 5) is 22.9. The van der Waals surface area contributed by atoms with Gasteiger partial charge in [-0.2, -0.15) is 0 Å². The predicted octanol–water partition coefficient (Wildman–Crippen LogP) is 2.35. The van der Waals surface area contributed by atoms with E-state index in [9.17, 15) is 14.7 Å². The maximum Gasteiger partial charge on any atom is 0.255 e. The molecule has 22 heavy (non-hydrogen) atoms. The fraction of sp³-hybridized carbons (Fsp3) is 0.125. The van der Waals surface area contributed by atoms with Crippen LogP contribution in [0.3, 0.4) is 0 Å². The Labute approximate surface area is 132 Å². The van der Waals surface area contributed by atoms with E-state index >= 15 is 0 Å². The first-order valence-electron chi connectivity index (χ1n) is 6.56. The average Bonchev–Trinajstić information content (AvgIpc) is 2.49. The molecule has 2 aromatic carbocycles. The second-order valence-electron chi connectivity index (χ2n) is 4.40. The van der Waals surface area contributed by atoms with Crippen LogP contribution < -0.4 is 15.2 Å². The zero-order chi connectivity index (χ0) is 16.1. The van der Waals surface area contributed by atoms with Gasteiger partial charge in [0.15, 0.2) is 0 Å². The van der Waals surface area contributed by atoms with Gasteiger partial charge in [-0.05, 0) is 42.8 Å². The second-order valence-corrected chi connectivity index (χ2v) is 4.81. The number of benzene rings is 2. The van der Waals surface area contributed by atoms with Crippen molar-refractivity contribution in [1.82, 2.24) is 0 Å². The molecule has 0 saturated heterocycles. The first-order valence-corrected chi connectivity index (χ1v) is 6.94. The molecule has 0 heterocycles. The van der Waals surface area contributed by atoms with E-state index in [-0.39, 0.29) is 5.56 Å². The van der Waals surface area contributed by atoms with E-state index in [1.807, 2.05) is 6.92 Å². The van der Waals surface area contributed by atoms with Crippen molar-refractivity contribution in [2.24, 2.45) is 0 Å². The van der Waals surface area contributed by atoms with E-state index in [0.29, 0.717) is 28.6 Å². The van der Waals surface area contributed by atoms with Crippen LogP contribution in [0.2, 0.25) is 5.02 Å². The van der Waals surface area contributed by atoms with Crippen LogP contribution in [0.5, 0.6) is 5.75 Å². The van der Waals surface area contributed by atoms with Crippen molar-refractivity contribution >= 4 is 29.2 Å². The van der Waals surface area contributed by atoms with Crippen molar-refractivity contribution in [3.05, 3.63) is 58.6 Å². The molecule has 0 unspecified atom stereocenters. The standard InChI is InChI=1S/C16H14ClNO4/c1-2-22-14-7-6-10(9-13(14)17)15(19)18-12-5-3-4-11(8-12)16(20)21/h3-9H,2H2,1H3,(H,18,19)(H,20,21)/p-1. The summed E-state index contributed by atoms with van der Waals surface area (Å²) < 4.78 is 5.30. The Morgan fingerprint density at radius 1 is 1.18 bits per heavy atom. The van der Waals surface area contributed by atoms with Crippen LogP contribution in [0.1, 0.15) is 27.6 Å².